The molecule has 5 heteroatoms. The number of carbonyl (C=O) groups excluding carboxylic acids is 2. The maximum absolute atomic E-state index is 11.8. The lowest BCUT2D eigenvalue weighted by Crippen LogP contribution is -2.43. The molecule has 1 aliphatic rings. The van der Waals surface area contributed by atoms with Gasteiger partial charge in [0.15, 0.2) is 0 Å². The highest BCUT2D eigenvalue weighted by Crippen LogP contribution is 2.26. The lowest BCUT2D eigenvalue weighted by molar-refractivity contribution is -0.130. The monoisotopic (exact) mass is 255 g/mol. The van der Waals surface area contributed by atoms with E-state index >= 15 is 0 Å². The Bertz CT molecular complexity index is 288. The first-order valence-electron chi connectivity index (χ1n) is 6.81. The van der Waals surface area contributed by atoms with E-state index in [1.807, 2.05) is 25.7 Å². The summed E-state index contributed by atoms with van der Waals surface area (Å²) < 4.78 is 0. The van der Waals surface area contributed by atoms with Gasteiger partial charge in [-0.3, -0.25) is 14.9 Å². The maximum Gasteiger partial charge on any atom is 0.236 e. The third kappa shape index (κ3) is 5.49. The smallest absolute Gasteiger partial charge is 0.236 e. The van der Waals surface area contributed by atoms with Crippen LogP contribution in [0.15, 0.2) is 0 Å². The molecule has 0 saturated heterocycles. The summed E-state index contributed by atoms with van der Waals surface area (Å²) in [7, 11) is 0. The molecule has 0 spiro atoms. The number of nitrogens with one attached hydrogen (secondary N) is 2. The fourth-order valence-electron chi connectivity index (χ4n) is 1.79. The summed E-state index contributed by atoms with van der Waals surface area (Å²) in [6, 6.07) is 0.444. The molecule has 1 fully saturated rings. The molecule has 0 bridgehead atoms. The van der Waals surface area contributed by atoms with E-state index in [2.05, 4.69) is 10.6 Å². The zero-order valence-electron chi connectivity index (χ0n) is 11.7. The van der Waals surface area contributed by atoms with E-state index in [1.165, 1.54) is 0 Å². The molecule has 2 amide bonds. The highest BCUT2D eigenvalue weighted by Gasteiger charge is 2.30. The minimum atomic E-state index is -0.0500. The van der Waals surface area contributed by atoms with Gasteiger partial charge >= 0.3 is 0 Å². The van der Waals surface area contributed by atoms with E-state index in [9.17, 15) is 9.59 Å². The van der Waals surface area contributed by atoms with Crippen LogP contribution in [0, 0.1) is 5.92 Å². The molecule has 1 aliphatic carbocycles. The average Bonchev–Trinajstić information content (AvgIpc) is 3.12. The van der Waals surface area contributed by atoms with Crippen LogP contribution in [-0.4, -0.2) is 48.9 Å². The SMILES string of the molecule is CCN(C(=O)CNCC(=O)NCC(C)C)C1CC1. The van der Waals surface area contributed by atoms with Crippen LogP contribution in [0.4, 0.5) is 0 Å². The molecular formula is C13H25N3O2. The van der Waals surface area contributed by atoms with E-state index in [1.54, 1.807) is 0 Å². The number of likely N-dealkylation sites (N-methyl/N-ethyl adjacent to an activating group) is 1. The van der Waals surface area contributed by atoms with E-state index < -0.39 is 0 Å². The Kier molecular flexibility index (Phi) is 6.12. The summed E-state index contributed by atoms with van der Waals surface area (Å²) in [4.78, 5) is 25.1. The van der Waals surface area contributed by atoms with Crippen LogP contribution >= 0.6 is 0 Å². The average molecular weight is 255 g/mol. The van der Waals surface area contributed by atoms with Gasteiger partial charge in [0, 0.05) is 19.1 Å². The van der Waals surface area contributed by atoms with Gasteiger partial charge in [0.25, 0.3) is 0 Å². The van der Waals surface area contributed by atoms with Gasteiger partial charge in [0.1, 0.15) is 0 Å². The van der Waals surface area contributed by atoms with Crippen molar-refractivity contribution in [1.29, 1.82) is 0 Å². The number of amides is 2. The number of hydrogen-bond acceptors (Lipinski definition) is 3. The number of carbonyl (C=O) groups is 2. The van der Waals surface area contributed by atoms with Crippen LogP contribution in [0.3, 0.4) is 0 Å². The van der Waals surface area contributed by atoms with Crippen molar-refractivity contribution in [2.75, 3.05) is 26.2 Å². The predicted octanol–water partition coefficient (Wildman–Crippen LogP) is 0.359. The van der Waals surface area contributed by atoms with Gasteiger partial charge in [-0.1, -0.05) is 13.8 Å². The highest BCUT2D eigenvalue weighted by molar-refractivity contribution is 5.81. The van der Waals surface area contributed by atoms with Gasteiger partial charge in [-0.05, 0) is 25.7 Å². The fourth-order valence-corrected chi connectivity index (χ4v) is 1.79. The van der Waals surface area contributed by atoms with Crippen molar-refractivity contribution in [3.63, 3.8) is 0 Å². The molecular weight excluding hydrogens is 230 g/mol. The third-order valence-corrected chi connectivity index (χ3v) is 2.92. The van der Waals surface area contributed by atoms with Gasteiger partial charge in [0.05, 0.1) is 13.1 Å². The van der Waals surface area contributed by atoms with Gasteiger partial charge < -0.3 is 10.2 Å². The Morgan fingerprint density at radius 1 is 1.28 bits per heavy atom. The minimum Gasteiger partial charge on any atom is -0.355 e. The van der Waals surface area contributed by atoms with Crippen LogP contribution in [-0.2, 0) is 9.59 Å². The third-order valence-electron chi connectivity index (χ3n) is 2.92. The number of rotatable bonds is 8. The van der Waals surface area contributed by atoms with Crippen LogP contribution in [0.25, 0.3) is 0 Å². The van der Waals surface area contributed by atoms with Crippen molar-refractivity contribution < 1.29 is 9.59 Å². The fraction of sp³-hybridized carbons (Fsp3) is 0.846. The molecule has 0 atom stereocenters. The van der Waals surface area contributed by atoms with Crippen molar-refractivity contribution in [2.45, 2.75) is 39.7 Å². The molecule has 1 saturated carbocycles. The summed E-state index contributed by atoms with van der Waals surface area (Å²) in [5.74, 6) is 0.490. The van der Waals surface area contributed by atoms with Crippen LogP contribution in [0.2, 0.25) is 0 Å². The van der Waals surface area contributed by atoms with E-state index in [0.29, 0.717) is 18.5 Å². The van der Waals surface area contributed by atoms with Crippen LogP contribution in [0.1, 0.15) is 33.6 Å². The summed E-state index contributed by atoms with van der Waals surface area (Å²) in [5, 5.41) is 5.71. The quantitative estimate of drug-likeness (QED) is 0.658. The first-order valence-corrected chi connectivity index (χ1v) is 6.81. The topological polar surface area (TPSA) is 61.4 Å². The molecule has 0 aromatic heterocycles. The van der Waals surface area contributed by atoms with E-state index in [4.69, 9.17) is 0 Å². The maximum atomic E-state index is 11.8. The minimum absolute atomic E-state index is 0.0500. The Hall–Kier alpha value is -1.10. The van der Waals surface area contributed by atoms with Gasteiger partial charge in [0.2, 0.25) is 11.8 Å². The molecule has 0 aliphatic heterocycles. The molecule has 5 nitrogen and oxygen atoms in total. The second-order valence-electron chi connectivity index (χ2n) is 5.21. The molecule has 0 heterocycles. The molecule has 0 radical (unpaired) electrons. The molecule has 18 heavy (non-hydrogen) atoms. The van der Waals surface area contributed by atoms with Gasteiger partial charge in [-0.25, -0.2) is 0 Å². The molecule has 1 rings (SSSR count). The normalized spacial score (nSPS) is 14.7. The summed E-state index contributed by atoms with van der Waals surface area (Å²) in [6.07, 6.45) is 2.24. The predicted molar refractivity (Wildman–Crippen MR) is 71.1 cm³/mol. The first-order chi connectivity index (χ1) is 8.54. The second-order valence-corrected chi connectivity index (χ2v) is 5.21. The molecule has 104 valence electrons. The van der Waals surface area contributed by atoms with Crippen LogP contribution in [0.5, 0.6) is 0 Å². The van der Waals surface area contributed by atoms with Crippen molar-refractivity contribution >= 4 is 11.8 Å². The summed E-state index contributed by atoms with van der Waals surface area (Å²) in [6.45, 7) is 7.98. The molecule has 0 unspecified atom stereocenters. The van der Waals surface area contributed by atoms with E-state index in [0.717, 1.165) is 19.4 Å². The Balaban J connectivity index is 2.12. The lowest BCUT2D eigenvalue weighted by atomic mass is 10.2. The molecule has 0 aromatic rings. The Morgan fingerprint density at radius 3 is 2.44 bits per heavy atom. The zero-order chi connectivity index (χ0) is 13.5. The van der Waals surface area contributed by atoms with Gasteiger partial charge in [-0.2, -0.15) is 0 Å². The Morgan fingerprint density at radius 2 is 1.94 bits per heavy atom. The number of hydrogen-bond donors (Lipinski definition) is 2. The largest absolute Gasteiger partial charge is 0.355 e. The van der Waals surface area contributed by atoms with Crippen molar-refractivity contribution in [1.82, 2.24) is 15.5 Å². The second kappa shape index (κ2) is 7.36. The van der Waals surface area contributed by atoms with Crippen molar-refractivity contribution in [3.05, 3.63) is 0 Å². The highest BCUT2D eigenvalue weighted by atomic mass is 16.2. The van der Waals surface area contributed by atoms with Gasteiger partial charge in [-0.15, -0.1) is 0 Å². The van der Waals surface area contributed by atoms with Crippen LogP contribution < -0.4 is 10.6 Å². The lowest BCUT2D eigenvalue weighted by Gasteiger charge is -2.20. The summed E-state index contributed by atoms with van der Waals surface area (Å²) in [5.41, 5.74) is 0. The molecule has 0 aromatic carbocycles. The van der Waals surface area contributed by atoms with Crippen molar-refractivity contribution in [3.8, 4) is 0 Å². The first kappa shape index (κ1) is 15.0. The standard InChI is InChI=1S/C13H25N3O2/c1-4-16(11-5-6-11)13(18)9-14-8-12(17)15-7-10(2)3/h10-11,14H,4-9H2,1-3H3,(H,15,17). The zero-order valence-corrected chi connectivity index (χ0v) is 11.7. The molecule has 2 N–H and O–H groups in total. The van der Waals surface area contributed by atoms with E-state index in [-0.39, 0.29) is 24.9 Å². The Labute approximate surface area is 109 Å². The number of nitrogens with zero attached hydrogens (tertiary/aromatic N) is 1. The van der Waals surface area contributed by atoms with Crippen molar-refractivity contribution in [2.24, 2.45) is 5.92 Å². The summed E-state index contributed by atoms with van der Waals surface area (Å²) >= 11 is 0.